The molecule has 7 saturated carbocycles. The molecular weight excluding hydrogens is 1020 g/mol. The number of Topliss-reactive ketones (excluding diaryl/α,β-unsaturated/α-hetero) is 1. The lowest BCUT2D eigenvalue weighted by atomic mass is 9.29. The number of rotatable bonds is 13. The lowest BCUT2D eigenvalue weighted by Crippen LogP contribution is -2.82. The van der Waals surface area contributed by atoms with Crippen molar-refractivity contribution in [2.75, 3.05) is 26.4 Å². The standard InChI is InChI=1S/C68H88N2O11/c1-5-11-37(2)24-45-29-46-28-43-16-10-21-64(43)32-42-31-62(3)58(48-20-23-77-52(48)30-49(51(72)34-71)40-17-18-47-41(27-40)19-22-70-36-69-33-50(47)70)79-61(76)59-68(62,80-59)66(44-15-9-14-39(26-44)25-38-12-7-6-8-13-38)54(42)65-35-78-60(75)56(64)67(46,65)81-63(45,4)55(65)53(73)57(66)74/h6-8,12-13,19-20,22-23,29,37,39-45,47,49-51,54-59,69,71-72,74H,5,9-11,14-18,21,24-28,30-36H2,1-4H3/t37-,39-,40-,41+,42-,43+,44-,45-,47-,49-,50-,51+,54+,55+,56-,57+,58-,59+,62-,63-,64-,65+,66-,67-,68+/m0/s1. The molecule has 7 aliphatic heterocycles. The highest BCUT2D eigenvalue weighted by Crippen LogP contribution is 2.90. The predicted octanol–water partition coefficient (Wildman–Crippen LogP) is 9.22. The van der Waals surface area contributed by atoms with Gasteiger partial charge in [0.15, 0.2) is 11.9 Å². The minimum Gasteiger partial charge on any atom is -0.469 e. The summed E-state index contributed by atoms with van der Waals surface area (Å²) in [6, 6.07) is 13.1. The second-order valence-corrected chi connectivity index (χ2v) is 30.1. The highest BCUT2D eigenvalue weighted by Gasteiger charge is 2.98. The van der Waals surface area contributed by atoms with E-state index in [9.17, 15) is 15.3 Å². The van der Waals surface area contributed by atoms with Gasteiger partial charge in [0.1, 0.15) is 35.8 Å². The fraction of sp³-hybridized carbons (Fsp3) is 0.750. The number of furan rings is 1. The molecule has 81 heavy (non-hydrogen) atoms. The first-order valence-corrected chi connectivity index (χ1v) is 32.4. The van der Waals surface area contributed by atoms with Crippen molar-refractivity contribution >= 4 is 17.7 Å². The fourth-order valence-corrected chi connectivity index (χ4v) is 24.7. The summed E-state index contributed by atoms with van der Waals surface area (Å²) in [6.07, 6.45) is 19.9. The molecule has 13 nitrogen and oxygen atoms in total. The molecule has 5 saturated heterocycles. The number of epoxide rings is 1. The Hall–Kier alpha value is -3.85. The Bertz CT molecular complexity index is 2960. The third-order valence-corrected chi connectivity index (χ3v) is 27.1. The molecule has 0 amide bonds. The molecule has 14 aliphatic rings. The van der Waals surface area contributed by atoms with Crippen molar-refractivity contribution in [2.24, 2.45) is 98.6 Å². The number of nitrogens with zero attached hydrogens (tertiary/aromatic N) is 1. The summed E-state index contributed by atoms with van der Waals surface area (Å²) >= 11 is 0. The summed E-state index contributed by atoms with van der Waals surface area (Å²) in [5, 5.41) is 40.8. The predicted molar refractivity (Wildman–Crippen MR) is 298 cm³/mol. The molecule has 16 rings (SSSR count). The van der Waals surface area contributed by atoms with E-state index in [4.69, 9.17) is 23.4 Å². The molecule has 0 radical (unpaired) electrons. The molecule has 436 valence electrons. The summed E-state index contributed by atoms with van der Waals surface area (Å²) < 4.78 is 36.3. The van der Waals surface area contributed by atoms with Crippen LogP contribution in [0.4, 0.5) is 0 Å². The van der Waals surface area contributed by atoms with Gasteiger partial charge in [-0.15, -0.1) is 0 Å². The number of aliphatic hydroxyl groups is 3. The maximum absolute atomic E-state index is 17.1. The first kappa shape index (κ1) is 52.7. The van der Waals surface area contributed by atoms with Crippen molar-refractivity contribution < 1.29 is 53.1 Å². The van der Waals surface area contributed by atoms with Gasteiger partial charge in [0, 0.05) is 41.3 Å². The van der Waals surface area contributed by atoms with Gasteiger partial charge < -0.3 is 43.6 Å². The van der Waals surface area contributed by atoms with Crippen LogP contribution in [0.2, 0.25) is 0 Å². The van der Waals surface area contributed by atoms with Gasteiger partial charge in [-0.05, 0) is 172 Å². The minimum absolute atomic E-state index is 0.0413. The first-order valence-electron chi connectivity index (χ1n) is 32.4. The Morgan fingerprint density at radius 2 is 1.78 bits per heavy atom. The number of ether oxygens (including phenoxy) is 4. The van der Waals surface area contributed by atoms with E-state index >= 15 is 14.4 Å². The number of nitrogens with one attached hydrogen (secondary N) is 1. The van der Waals surface area contributed by atoms with E-state index in [1.165, 1.54) is 11.1 Å². The zero-order valence-electron chi connectivity index (χ0n) is 48.3. The van der Waals surface area contributed by atoms with E-state index in [-0.39, 0.29) is 66.4 Å². The molecule has 25 atom stereocenters. The summed E-state index contributed by atoms with van der Waals surface area (Å²) in [6.45, 7) is 10.5. The van der Waals surface area contributed by atoms with Crippen LogP contribution >= 0.6 is 0 Å². The maximum Gasteiger partial charge on any atom is 0.339 e. The van der Waals surface area contributed by atoms with Gasteiger partial charge in [0.05, 0.1) is 48.5 Å². The highest BCUT2D eigenvalue weighted by molar-refractivity contribution is 5.94. The van der Waals surface area contributed by atoms with E-state index in [0.717, 1.165) is 122 Å². The Kier molecular flexibility index (Phi) is 11.8. The van der Waals surface area contributed by atoms with Crippen molar-refractivity contribution in [3.63, 3.8) is 0 Å². The number of carbonyl (C=O) groups is 3. The topological polar surface area (TPSA) is 181 Å². The monoisotopic (exact) mass is 1110 g/mol. The normalized spacial score (nSPS) is 50.1. The highest BCUT2D eigenvalue weighted by atomic mass is 16.7. The van der Waals surface area contributed by atoms with Crippen LogP contribution in [0.15, 0.2) is 71.0 Å². The number of hydrogen-bond donors (Lipinski definition) is 4. The van der Waals surface area contributed by atoms with Gasteiger partial charge in [0.25, 0.3) is 0 Å². The van der Waals surface area contributed by atoms with Crippen molar-refractivity contribution in [3.05, 3.63) is 83.5 Å². The van der Waals surface area contributed by atoms with Crippen LogP contribution in [0.3, 0.4) is 0 Å². The smallest absolute Gasteiger partial charge is 0.339 e. The van der Waals surface area contributed by atoms with Crippen LogP contribution in [0.5, 0.6) is 0 Å². The number of ketones is 1. The quantitative estimate of drug-likeness (QED) is 0.0848. The lowest BCUT2D eigenvalue weighted by Gasteiger charge is -2.72. The zero-order valence-corrected chi connectivity index (χ0v) is 48.3. The second-order valence-electron chi connectivity index (χ2n) is 30.1. The SMILES string of the molecule is CCC[C@H](C)C[C@H]1C=C2C[C@H]3CCC[C@]34C[C@@H]3C[C@@]5(C)[C@H](c6ccoc6C[C@@H]([C@H]6CC[C@H]7[C@H](C=CN8CNC[C@@H]78)C6)[C@H](O)CO)OC(=O)[C@H]6O[C@]65[C@]5([C@H]6CCC[C@@H](Cc7ccccc7)C6)[C@H](O)C(=O)[C@@H]6[C@@]1(C)O[C@]21[C@H]4C(=O)OC[C@@]61[C@@H]35. The molecule has 1 aromatic carbocycles. The zero-order chi connectivity index (χ0) is 55.4. The molecule has 4 spiro atoms. The van der Waals surface area contributed by atoms with Crippen LogP contribution in [0, 0.1) is 98.6 Å². The Morgan fingerprint density at radius 3 is 2.60 bits per heavy atom. The van der Waals surface area contributed by atoms with Crippen LogP contribution in [0.25, 0.3) is 0 Å². The van der Waals surface area contributed by atoms with Crippen LogP contribution in [-0.4, -0.2) is 106 Å². The van der Waals surface area contributed by atoms with Gasteiger partial charge in [-0.3, -0.25) is 14.9 Å². The summed E-state index contributed by atoms with van der Waals surface area (Å²) in [5.41, 5.74) is -4.06. The molecule has 2 aromatic rings. The molecule has 7 aliphatic carbocycles. The van der Waals surface area contributed by atoms with Crippen LogP contribution in [-0.2, 0) is 46.2 Å². The van der Waals surface area contributed by atoms with E-state index in [1.807, 2.05) is 6.07 Å². The number of fused-ring (bicyclic) bond motifs is 5. The maximum atomic E-state index is 17.1. The number of aliphatic hydroxyl groups excluding tert-OH is 3. The molecule has 0 unspecified atom stereocenters. The Morgan fingerprint density at radius 1 is 0.938 bits per heavy atom. The number of benzene rings is 1. The van der Waals surface area contributed by atoms with Crippen molar-refractivity contribution in [2.45, 2.75) is 191 Å². The van der Waals surface area contributed by atoms with Gasteiger partial charge in [-0.2, -0.15) is 0 Å². The van der Waals surface area contributed by atoms with E-state index in [0.29, 0.717) is 42.4 Å². The van der Waals surface area contributed by atoms with Crippen LogP contribution in [0.1, 0.15) is 153 Å². The van der Waals surface area contributed by atoms with Crippen molar-refractivity contribution in [3.8, 4) is 0 Å². The third-order valence-electron chi connectivity index (χ3n) is 27.1. The summed E-state index contributed by atoms with van der Waals surface area (Å²) in [4.78, 5) is 50.7. The van der Waals surface area contributed by atoms with E-state index < -0.39 is 86.6 Å². The average molecular weight is 1110 g/mol. The molecule has 8 heterocycles. The van der Waals surface area contributed by atoms with Crippen LogP contribution < -0.4 is 5.32 Å². The largest absolute Gasteiger partial charge is 0.469 e. The first-order chi connectivity index (χ1) is 39.1. The molecule has 13 heteroatoms. The molecule has 1 aromatic heterocycles. The van der Waals surface area contributed by atoms with Gasteiger partial charge in [-0.25, -0.2) is 4.79 Å². The summed E-state index contributed by atoms with van der Waals surface area (Å²) in [7, 11) is 0. The molecule has 5 bridgehead atoms. The third kappa shape index (κ3) is 6.48. The molecule has 4 N–H and O–H groups in total. The van der Waals surface area contributed by atoms with E-state index in [2.05, 4.69) is 86.6 Å². The lowest BCUT2D eigenvalue weighted by molar-refractivity contribution is -0.300. The number of carbonyl (C=O) groups excluding carboxylic acids is 3. The molecule has 12 fully saturated rings. The van der Waals surface area contributed by atoms with Gasteiger partial charge >= 0.3 is 11.9 Å². The Balaban J connectivity index is 0.876. The van der Waals surface area contributed by atoms with E-state index in [1.54, 1.807) is 6.26 Å². The average Bonchev–Trinajstić information content (AvgIpc) is 1.50. The van der Waals surface area contributed by atoms with Gasteiger partial charge in [-0.1, -0.05) is 95.4 Å². The minimum atomic E-state index is -1.50. The number of allylic oxidation sites excluding steroid dienone is 1. The number of hydrogen-bond acceptors (Lipinski definition) is 13. The van der Waals surface area contributed by atoms with Crippen molar-refractivity contribution in [1.29, 1.82) is 0 Å². The van der Waals surface area contributed by atoms with Crippen molar-refractivity contribution in [1.82, 2.24) is 10.2 Å². The number of cyclic esters (lactones) is 2. The van der Waals surface area contributed by atoms with Gasteiger partial charge in [0.2, 0.25) is 0 Å². The Labute approximate surface area is 478 Å². The number of esters is 2. The second kappa shape index (κ2) is 18.1. The fourth-order valence-electron chi connectivity index (χ4n) is 24.7. The molecular formula is C68H88N2O11. The summed E-state index contributed by atoms with van der Waals surface area (Å²) in [5.74, 6) is -0.948.